The van der Waals surface area contributed by atoms with Crippen molar-refractivity contribution < 1.29 is 4.79 Å². The zero-order chi connectivity index (χ0) is 17.6. The van der Waals surface area contributed by atoms with Crippen LogP contribution >= 0.6 is 0 Å². The number of aromatic nitrogens is 4. The summed E-state index contributed by atoms with van der Waals surface area (Å²) in [5, 5.41) is 7.01. The lowest BCUT2D eigenvalue weighted by Crippen LogP contribution is -2.38. The van der Waals surface area contributed by atoms with E-state index in [0.717, 1.165) is 16.8 Å². The lowest BCUT2D eigenvalue weighted by molar-refractivity contribution is 0.194. The maximum absolute atomic E-state index is 12.4. The van der Waals surface area contributed by atoms with Crippen molar-refractivity contribution in [1.29, 1.82) is 0 Å². The van der Waals surface area contributed by atoms with Crippen LogP contribution < -0.4 is 5.32 Å². The van der Waals surface area contributed by atoms with E-state index < -0.39 is 0 Å². The summed E-state index contributed by atoms with van der Waals surface area (Å²) in [4.78, 5) is 22.0. The number of pyridine rings is 1. The summed E-state index contributed by atoms with van der Waals surface area (Å²) >= 11 is 0. The monoisotopic (exact) mass is 336 g/mol. The van der Waals surface area contributed by atoms with Crippen LogP contribution in [0, 0.1) is 0 Å². The van der Waals surface area contributed by atoms with Crippen LogP contribution in [0.1, 0.15) is 24.1 Å². The van der Waals surface area contributed by atoms with E-state index in [1.165, 1.54) is 6.33 Å². The molecule has 128 valence electrons. The zero-order valence-electron chi connectivity index (χ0n) is 14.2. The molecule has 1 atom stereocenters. The molecule has 0 bridgehead atoms. The SMILES string of the molecule is C[C@H](c1ccc(-n2cncn2)cc1)N(C)C(=O)NCc1cccnc1. The molecule has 0 aliphatic heterocycles. The van der Waals surface area contributed by atoms with Crippen molar-refractivity contribution in [3.8, 4) is 5.69 Å². The van der Waals surface area contributed by atoms with Gasteiger partial charge in [-0.05, 0) is 36.2 Å². The van der Waals surface area contributed by atoms with Gasteiger partial charge >= 0.3 is 6.03 Å². The molecule has 2 amide bonds. The quantitative estimate of drug-likeness (QED) is 0.777. The van der Waals surface area contributed by atoms with Gasteiger partial charge in [-0.25, -0.2) is 14.5 Å². The first-order valence-electron chi connectivity index (χ1n) is 7.99. The van der Waals surface area contributed by atoms with Crippen molar-refractivity contribution in [3.05, 3.63) is 72.6 Å². The molecule has 0 fully saturated rings. The molecule has 1 N–H and O–H groups in total. The molecule has 7 heteroatoms. The standard InChI is InChI=1S/C18H20N6O/c1-14(16-5-7-17(8-6-16)24-13-20-12-22-24)23(2)18(25)21-11-15-4-3-9-19-10-15/h3-10,12-14H,11H2,1-2H3,(H,21,25)/t14-/m1/s1. The first-order valence-corrected chi connectivity index (χ1v) is 7.99. The van der Waals surface area contributed by atoms with Crippen LogP contribution in [0.25, 0.3) is 5.69 Å². The van der Waals surface area contributed by atoms with Gasteiger partial charge in [0.1, 0.15) is 12.7 Å². The first kappa shape index (κ1) is 16.6. The Labute approximate surface area is 146 Å². The molecule has 0 radical (unpaired) electrons. The topological polar surface area (TPSA) is 75.9 Å². The van der Waals surface area contributed by atoms with Crippen molar-refractivity contribution in [1.82, 2.24) is 30.0 Å². The highest BCUT2D eigenvalue weighted by Crippen LogP contribution is 2.20. The minimum Gasteiger partial charge on any atom is -0.334 e. The second kappa shape index (κ2) is 7.57. The summed E-state index contributed by atoms with van der Waals surface area (Å²) in [6, 6.07) is 11.5. The minimum atomic E-state index is -0.128. The second-order valence-corrected chi connectivity index (χ2v) is 5.74. The van der Waals surface area contributed by atoms with Crippen molar-refractivity contribution in [2.24, 2.45) is 0 Å². The highest BCUT2D eigenvalue weighted by atomic mass is 16.2. The van der Waals surface area contributed by atoms with Crippen LogP contribution in [-0.4, -0.2) is 37.7 Å². The van der Waals surface area contributed by atoms with Crippen molar-refractivity contribution >= 4 is 6.03 Å². The molecule has 7 nitrogen and oxygen atoms in total. The van der Waals surface area contributed by atoms with Gasteiger partial charge in [-0.15, -0.1) is 0 Å². The fraction of sp³-hybridized carbons (Fsp3) is 0.222. The first-order chi connectivity index (χ1) is 12.1. The Kier molecular flexibility index (Phi) is 5.03. The number of hydrogen-bond donors (Lipinski definition) is 1. The number of amides is 2. The smallest absolute Gasteiger partial charge is 0.317 e. The van der Waals surface area contributed by atoms with Crippen LogP contribution in [0.5, 0.6) is 0 Å². The average molecular weight is 336 g/mol. The Morgan fingerprint density at radius 2 is 2.04 bits per heavy atom. The molecule has 2 heterocycles. The molecule has 0 aliphatic rings. The van der Waals surface area contributed by atoms with Gasteiger partial charge < -0.3 is 10.2 Å². The molecule has 0 saturated carbocycles. The molecule has 1 aromatic carbocycles. The van der Waals surface area contributed by atoms with E-state index in [9.17, 15) is 4.79 Å². The van der Waals surface area contributed by atoms with E-state index in [0.29, 0.717) is 6.54 Å². The number of rotatable bonds is 5. The van der Waals surface area contributed by atoms with Crippen molar-refractivity contribution in [2.75, 3.05) is 7.05 Å². The summed E-state index contributed by atoms with van der Waals surface area (Å²) < 4.78 is 1.69. The van der Waals surface area contributed by atoms with Crippen LogP contribution in [-0.2, 0) is 6.54 Å². The molecule has 25 heavy (non-hydrogen) atoms. The molecular weight excluding hydrogens is 316 g/mol. The van der Waals surface area contributed by atoms with Gasteiger partial charge in [0.2, 0.25) is 0 Å². The second-order valence-electron chi connectivity index (χ2n) is 5.74. The summed E-state index contributed by atoms with van der Waals surface area (Å²) in [6.45, 7) is 2.45. The molecule has 0 aliphatic carbocycles. The van der Waals surface area contributed by atoms with Crippen LogP contribution in [0.15, 0.2) is 61.4 Å². The van der Waals surface area contributed by atoms with Gasteiger partial charge in [0.05, 0.1) is 11.7 Å². The number of urea groups is 1. The molecule has 0 unspecified atom stereocenters. The molecule has 0 spiro atoms. The molecule has 3 aromatic rings. The highest BCUT2D eigenvalue weighted by molar-refractivity contribution is 5.74. The number of nitrogens with one attached hydrogen (secondary N) is 1. The number of nitrogens with zero attached hydrogens (tertiary/aromatic N) is 5. The normalized spacial score (nSPS) is 11.8. The minimum absolute atomic E-state index is 0.0568. The number of carbonyl (C=O) groups is 1. The average Bonchev–Trinajstić information content (AvgIpc) is 3.20. The summed E-state index contributed by atoms with van der Waals surface area (Å²) in [7, 11) is 1.79. The number of hydrogen-bond acceptors (Lipinski definition) is 4. The van der Waals surface area contributed by atoms with Gasteiger partial charge in [0.15, 0.2) is 0 Å². The Hall–Kier alpha value is -3.22. The van der Waals surface area contributed by atoms with E-state index in [2.05, 4.69) is 20.4 Å². The van der Waals surface area contributed by atoms with Gasteiger partial charge in [-0.1, -0.05) is 18.2 Å². The van der Waals surface area contributed by atoms with Crippen LogP contribution in [0.4, 0.5) is 4.79 Å². The maximum atomic E-state index is 12.4. The van der Waals surface area contributed by atoms with E-state index in [4.69, 9.17) is 0 Å². The summed E-state index contributed by atoms with van der Waals surface area (Å²) in [6.07, 6.45) is 6.60. The third kappa shape index (κ3) is 4.00. The molecule has 3 rings (SSSR count). The number of benzene rings is 1. The van der Waals surface area contributed by atoms with Gasteiger partial charge in [0.25, 0.3) is 0 Å². The summed E-state index contributed by atoms with van der Waals surface area (Å²) in [5.74, 6) is 0. The predicted molar refractivity (Wildman–Crippen MR) is 94.0 cm³/mol. The van der Waals surface area contributed by atoms with Gasteiger partial charge in [-0.2, -0.15) is 5.10 Å². The Bertz CT molecular complexity index is 801. The predicted octanol–water partition coefficient (Wildman–Crippen LogP) is 2.56. The van der Waals surface area contributed by atoms with E-state index >= 15 is 0 Å². The molecular formula is C18H20N6O. The Morgan fingerprint density at radius 1 is 1.24 bits per heavy atom. The van der Waals surface area contributed by atoms with Crippen molar-refractivity contribution in [3.63, 3.8) is 0 Å². The highest BCUT2D eigenvalue weighted by Gasteiger charge is 2.17. The summed E-state index contributed by atoms with van der Waals surface area (Å²) in [5.41, 5.74) is 2.94. The Morgan fingerprint density at radius 3 is 2.68 bits per heavy atom. The largest absolute Gasteiger partial charge is 0.334 e. The fourth-order valence-corrected chi connectivity index (χ4v) is 2.45. The lowest BCUT2D eigenvalue weighted by Gasteiger charge is -2.25. The van der Waals surface area contributed by atoms with E-state index in [-0.39, 0.29) is 12.1 Å². The van der Waals surface area contributed by atoms with E-state index in [1.807, 2.05) is 43.3 Å². The third-order valence-electron chi connectivity index (χ3n) is 4.13. The Balaban J connectivity index is 1.61. The number of carbonyl (C=O) groups excluding carboxylic acids is 1. The van der Waals surface area contributed by atoms with E-state index in [1.54, 1.807) is 35.4 Å². The molecule has 2 aromatic heterocycles. The zero-order valence-corrected chi connectivity index (χ0v) is 14.2. The van der Waals surface area contributed by atoms with Crippen LogP contribution in [0.2, 0.25) is 0 Å². The third-order valence-corrected chi connectivity index (χ3v) is 4.13. The maximum Gasteiger partial charge on any atom is 0.317 e. The van der Waals surface area contributed by atoms with Crippen molar-refractivity contribution in [2.45, 2.75) is 19.5 Å². The fourth-order valence-electron chi connectivity index (χ4n) is 2.45. The molecule has 0 saturated heterocycles. The van der Waals surface area contributed by atoms with Gasteiger partial charge in [0, 0.05) is 26.0 Å². The lowest BCUT2D eigenvalue weighted by atomic mass is 10.1. The van der Waals surface area contributed by atoms with Crippen LogP contribution in [0.3, 0.4) is 0 Å². The van der Waals surface area contributed by atoms with Gasteiger partial charge in [-0.3, -0.25) is 4.98 Å².